The van der Waals surface area contributed by atoms with Crippen LogP contribution in [0.25, 0.3) is 0 Å². The Morgan fingerprint density at radius 3 is 2.70 bits per heavy atom. The van der Waals surface area contributed by atoms with Gasteiger partial charge in [-0.05, 0) is 56.8 Å². The molecule has 1 saturated heterocycles. The average Bonchev–Trinajstić information content (AvgIpc) is 3.37. The summed E-state index contributed by atoms with van der Waals surface area (Å²) in [7, 11) is 0. The molecule has 0 unspecified atom stereocenters. The Balaban J connectivity index is 1.39. The highest BCUT2D eigenvalue weighted by Crippen LogP contribution is 2.28. The van der Waals surface area contributed by atoms with Gasteiger partial charge in [0, 0.05) is 13.1 Å². The van der Waals surface area contributed by atoms with Crippen molar-refractivity contribution in [3.63, 3.8) is 0 Å². The third-order valence-corrected chi connectivity index (χ3v) is 6.13. The number of nitrogens with zero attached hydrogens (tertiary/aromatic N) is 1. The second-order valence-corrected chi connectivity index (χ2v) is 8.77. The molecule has 3 aliphatic rings. The number of benzene rings is 1. The van der Waals surface area contributed by atoms with Crippen molar-refractivity contribution in [2.45, 2.75) is 51.3 Å². The Kier molecular flexibility index (Phi) is 7.86. The second-order valence-electron chi connectivity index (χ2n) is 8.77. The first-order chi connectivity index (χ1) is 16.1. The number of aliphatic hydroxyl groups is 1. The highest BCUT2D eigenvalue weighted by molar-refractivity contribution is 5.74. The van der Waals surface area contributed by atoms with Crippen LogP contribution in [0.5, 0.6) is 0 Å². The van der Waals surface area contributed by atoms with E-state index in [1.807, 2.05) is 43.3 Å². The third-order valence-electron chi connectivity index (χ3n) is 6.13. The van der Waals surface area contributed by atoms with Crippen molar-refractivity contribution in [2.24, 2.45) is 0 Å². The van der Waals surface area contributed by atoms with Crippen molar-refractivity contribution in [2.75, 3.05) is 19.6 Å². The zero-order valence-corrected chi connectivity index (χ0v) is 19.1. The van der Waals surface area contributed by atoms with Crippen molar-refractivity contribution in [3.8, 4) is 0 Å². The normalized spacial score (nSPS) is 20.0. The second kappa shape index (κ2) is 11.2. The van der Waals surface area contributed by atoms with Crippen molar-refractivity contribution in [1.82, 2.24) is 15.5 Å². The van der Waals surface area contributed by atoms with Gasteiger partial charge >= 0.3 is 6.03 Å². The van der Waals surface area contributed by atoms with Crippen LogP contribution < -0.4 is 10.6 Å². The number of aryl methyl sites for hydroxylation is 1. The topological polar surface area (TPSA) is 83.1 Å². The molecule has 2 atom stereocenters. The quantitative estimate of drug-likeness (QED) is 0.562. The average molecular weight is 452 g/mol. The molecule has 2 heterocycles. The van der Waals surface area contributed by atoms with Gasteiger partial charge in [-0.25, -0.2) is 4.79 Å². The maximum absolute atomic E-state index is 12.7. The van der Waals surface area contributed by atoms with Crippen molar-refractivity contribution in [3.05, 3.63) is 83.2 Å². The van der Waals surface area contributed by atoms with Gasteiger partial charge in [0.15, 0.2) is 11.5 Å². The molecule has 33 heavy (non-hydrogen) atoms. The molecule has 0 spiro atoms. The molecule has 3 N–H and O–H groups in total. The minimum absolute atomic E-state index is 0.297. The zero-order chi connectivity index (χ0) is 23.0. The van der Waals surface area contributed by atoms with Gasteiger partial charge in [0.1, 0.15) is 18.6 Å². The molecule has 1 aliphatic carbocycles. The fourth-order valence-corrected chi connectivity index (χ4v) is 4.19. The van der Waals surface area contributed by atoms with Gasteiger partial charge in [-0.1, -0.05) is 48.1 Å². The minimum atomic E-state index is -1.04. The first-order valence-corrected chi connectivity index (χ1v) is 11.7. The van der Waals surface area contributed by atoms with Crippen LogP contribution in [0.4, 0.5) is 4.79 Å². The standard InChI is InChI=1S/C26H33N3O4/c1-19-9-11-20(12-10-19)15-27-26(31)28-22(16-29-13-5-6-14-29)25(30)24-18-32-17-23(33-24)21-7-3-2-4-8-21/h2-3,7,9-12,17-18,22,25,30H,4-6,8,13-16H2,1H3,(H2,27,28,31)/t22-,25-/m1/s1. The van der Waals surface area contributed by atoms with Gasteiger partial charge in [-0.3, -0.25) is 0 Å². The van der Waals surface area contributed by atoms with E-state index in [2.05, 4.69) is 21.6 Å². The molecule has 7 heteroatoms. The highest BCUT2D eigenvalue weighted by Gasteiger charge is 2.31. The molecule has 0 saturated carbocycles. The van der Waals surface area contributed by atoms with Gasteiger partial charge in [0.25, 0.3) is 0 Å². The lowest BCUT2D eigenvalue weighted by Gasteiger charge is -2.30. The van der Waals surface area contributed by atoms with Crippen LogP contribution in [-0.4, -0.2) is 47.8 Å². The van der Waals surface area contributed by atoms with Crippen LogP contribution in [0.3, 0.4) is 0 Å². The summed E-state index contributed by atoms with van der Waals surface area (Å²) in [6.45, 7) is 4.88. The van der Waals surface area contributed by atoms with Gasteiger partial charge in [-0.15, -0.1) is 0 Å². The molecule has 1 aromatic rings. The van der Waals surface area contributed by atoms with Gasteiger partial charge in [-0.2, -0.15) is 0 Å². The molecular weight excluding hydrogens is 418 g/mol. The SMILES string of the molecule is Cc1ccc(CNC(=O)N[C@H](CN2CCCC2)[C@@H](O)C2=COC=C(C3=CC=CCC3)O2)cc1. The Morgan fingerprint density at radius 1 is 1.18 bits per heavy atom. The van der Waals surface area contributed by atoms with Gasteiger partial charge in [0.2, 0.25) is 0 Å². The smallest absolute Gasteiger partial charge is 0.315 e. The van der Waals surface area contributed by atoms with E-state index in [1.165, 1.54) is 11.8 Å². The molecule has 0 radical (unpaired) electrons. The first-order valence-electron chi connectivity index (χ1n) is 11.7. The molecule has 7 nitrogen and oxygen atoms in total. The zero-order valence-electron chi connectivity index (χ0n) is 19.1. The molecular formula is C26H33N3O4. The number of urea groups is 1. The molecule has 0 bridgehead atoms. The number of ether oxygens (including phenoxy) is 2. The van der Waals surface area contributed by atoms with Crippen LogP contribution in [0.1, 0.15) is 36.8 Å². The summed E-state index contributed by atoms with van der Waals surface area (Å²) in [5, 5.41) is 17.0. The van der Waals surface area contributed by atoms with E-state index in [1.54, 1.807) is 6.26 Å². The third kappa shape index (κ3) is 6.49. The van der Waals surface area contributed by atoms with E-state index in [-0.39, 0.29) is 6.03 Å². The fraction of sp³-hybridized carbons (Fsp3) is 0.423. The molecule has 1 aromatic carbocycles. The number of hydrogen-bond donors (Lipinski definition) is 3. The number of carbonyl (C=O) groups is 1. The molecule has 0 aromatic heterocycles. The number of nitrogens with one attached hydrogen (secondary N) is 2. The lowest BCUT2D eigenvalue weighted by atomic mass is 10.0. The monoisotopic (exact) mass is 451 g/mol. The summed E-state index contributed by atoms with van der Waals surface area (Å²) in [6.07, 6.45) is 12.1. The van der Waals surface area contributed by atoms with Crippen molar-refractivity contribution >= 4 is 6.03 Å². The van der Waals surface area contributed by atoms with Crippen LogP contribution in [0.2, 0.25) is 0 Å². The van der Waals surface area contributed by atoms with E-state index in [9.17, 15) is 9.90 Å². The maximum atomic E-state index is 12.7. The van der Waals surface area contributed by atoms with Gasteiger partial charge in [0.05, 0.1) is 6.04 Å². The summed E-state index contributed by atoms with van der Waals surface area (Å²) in [5.41, 5.74) is 3.22. The summed E-state index contributed by atoms with van der Waals surface area (Å²) in [5.74, 6) is 0.894. The Hall–Kier alpha value is -3.03. The van der Waals surface area contributed by atoms with E-state index < -0.39 is 12.1 Å². The lowest BCUT2D eigenvalue weighted by Crippen LogP contribution is -2.53. The summed E-state index contributed by atoms with van der Waals surface area (Å²) in [4.78, 5) is 14.9. The fourth-order valence-electron chi connectivity index (χ4n) is 4.19. The minimum Gasteiger partial charge on any atom is -0.465 e. The Morgan fingerprint density at radius 2 is 1.97 bits per heavy atom. The number of aliphatic hydroxyl groups excluding tert-OH is 1. The molecule has 1 fully saturated rings. The number of allylic oxidation sites excluding steroid dienone is 4. The Labute approximate surface area is 195 Å². The van der Waals surface area contributed by atoms with Crippen LogP contribution in [-0.2, 0) is 16.0 Å². The summed E-state index contributed by atoms with van der Waals surface area (Å²) in [6, 6.07) is 7.15. The molecule has 2 aliphatic heterocycles. The lowest BCUT2D eigenvalue weighted by molar-refractivity contribution is 0.0743. The molecule has 176 valence electrons. The van der Waals surface area contributed by atoms with E-state index in [4.69, 9.17) is 9.47 Å². The number of carbonyl (C=O) groups excluding carboxylic acids is 1. The maximum Gasteiger partial charge on any atom is 0.315 e. The van der Waals surface area contributed by atoms with E-state index >= 15 is 0 Å². The largest absolute Gasteiger partial charge is 0.465 e. The predicted molar refractivity (Wildman–Crippen MR) is 127 cm³/mol. The van der Waals surface area contributed by atoms with E-state index in [0.717, 1.165) is 49.9 Å². The number of amides is 2. The van der Waals surface area contributed by atoms with Crippen molar-refractivity contribution in [1.29, 1.82) is 0 Å². The molecule has 2 amide bonds. The van der Waals surface area contributed by atoms with E-state index in [0.29, 0.717) is 24.6 Å². The molecule has 4 rings (SSSR count). The first kappa shape index (κ1) is 23.1. The number of rotatable bonds is 8. The van der Waals surface area contributed by atoms with Crippen LogP contribution in [0.15, 0.2) is 72.1 Å². The van der Waals surface area contributed by atoms with Crippen molar-refractivity contribution < 1.29 is 19.4 Å². The van der Waals surface area contributed by atoms with Crippen LogP contribution in [0, 0.1) is 6.92 Å². The summed E-state index contributed by atoms with van der Waals surface area (Å²) >= 11 is 0. The summed E-state index contributed by atoms with van der Waals surface area (Å²) < 4.78 is 11.5. The predicted octanol–water partition coefficient (Wildman–Crippen LogP) is 3.63. The van der Waals surface area contributed by atoms with Gasteiger partial charge < -0.3 is 30.1 Å². The number of likely N-dealkylation sites (tertiary alicyclic amines) is 1. The number of hydrogen-bond acceptors (Lipinski definition) is 5. The highest BCUT2D eigenvalue weighted by atomic mass is 16.6. The Bertz CT molecular complexity index is 943. The van der Waals surface area contributed by atoms with Crippen LogP contribution >= 0.6 is 0 Å².